The van der Waals surface area contributed by atoms with Gasteiger partial charge in [-0.1, -0.05) is 34.8 Å². The number of nitrogens with zero attached hydrogens (tertiary/aromatic N) is 1. The molecule has 5 nitrogen and oxygen atoms in total. The van der Waals surface area contributed by atoms with Crippen molar-refractivity contribution < 1.29 is 14.3 Å². The summed E-state index contributed by atoms with van der Waals surface area (Å²) in [5.74, 6) is 0.585. The zero-order valence-electron chi connectivity index (χ0n) is 10.3. The molecule has 1 N–H and O–H groups in total. The molecule has 1 aliphatic heterocycles. The van der Waals surface area contributed by atoms with Crippen molar-refractivity contribution in [2.75, 3.05) is 12.1 Å². The van der Waals surface area contributed by atoms with Crippen LogP contribution in [-0.2, 0) is 0 Å². The smallest absolute Gasteiger partial charge is 0.257 e. The van der Waals surface area contributed by atoms with Gasteiger partial charge in [-0.05, 0) is 6.07 Å². The highest BCUT2D eigenvalue weighted by Crippen LogP contribution is 2.39. The summed E-state index contributed by atoms with van der Waals surface area (Å²) >= 11 is 17.8. The molecule has 3 rings (SSSR count). The lowest BCUT2D eigenvalue weighted by Gasteiger charge is -2.09. The highest BCUT2D eigenvalue weighted by molar-refractivity contribution is 6.36. The number of pyridine rings is 1. The molecular weight excluding hydrogens is 339 g/mol. The number of fused-ring (bicyclic) bond motifs is 1. The van der Waals surface area contributed by atoms with E-state index < -0.39 is 5.91 Å². The molecular formula is C13H7Cl3N2O3. The van der Waals surface area contributed by atoms with Crippen molar-refractivity contribution in [2.45, 2.75) is 0 Å². The van der Waals surface area contributed by atoms with E-state index in [2.05, 4.69) is 10.3 Å². The van der Waals surface area contributed by atoms with Crippen molar-refractivity contribution in [1.29, 1.82) is 0 Å². The molecule has 2 aromatic rings. The molecule has 0 saturated carbocycles. The molecule has 0 bridgehead atoms. The minimum atomic E-state index is -0.454. The lowest BCUT2D eigenvalue weighted by atomic mass is 10.2. The van der Waals surface area contributed by atoms with E-state index in [0.717, 1.165) is 0 Å². The number of ether oxygens (including phenoxy) is 2. The van der Waals surface area contributed by atoms with Gasteiger partial charge in [-0.2, -0.15) is 0 Å². The van der Waals surface area contributed by atoms with E-state index in [0.29, 0.717) is 22.2 Å². The van der Waals surface area contributed by atoms with Gasteiger partial charge in [-0.25, -0.2) is 4.98 Å². The SMILES string of the molecule is O=C(Nc1cc2c(cc1Cl)OCO2)c1cc(Cl)ncc1Cl. The number of amides is 1. The molecule has 108 valence electrons. The number of hydrogen-bond donors (Lipinski definition) is 1. The maximum atomic E-state index is 12.2. The molecule has 2 heterocycles. The quantitative estimate of drug-likeness (QED) is 0.835. The maximum Gasteiger partial charge on any atom is 0.257 e. The van der Waals surface area contributed by atoms with Gasteiger partial charge in [0, 0.05) is 18.3 Å². The van der Waals surface area contributed by atoms with Gasteiger partial charge in [-0.3, -0.25) is 4.79 Å². The summed E-state index contributed by atoms with van der Waals surface area (Å²) in [6, 6.07) is 4.53. The zero-order chi connectivity index (χ0) is 15.0. The van der Waals surface area contributed by atoms with Crippen LogP contribution < -0.4 is 14.8 Å². The van der Waals surface area contributed by atoms with Crippen molar-refractivity contribution in [2.24, 2.45) is 0 Å². The number of hydrogen-bond acceptors (Lipinski definition) is 4. The summed E-state index contributed by atoms with van der Waals surface area (Å²) in [6.07, 6.45) is 1.31. The first-order valence-corrected chi connectivity index (χ1v) is 6.89. The van der Waals surface area contributed by atoms with Crippen molar-refractivity contribution in [1.82, 2.24) is 4.98 Å². The summed E-state index contributed by atoms with van der Waals surface area (Å²) in [5.41, 5.74) is 0.584. The predicted octanol–water partition coefficient (Wildman–Crippen LogP) is 4.02. The summed E-state index contributed by atoms with van der Waals surface area (Å²) in [5, 5.41) is 3.33. The number of benzene rings is 1. The molecule has 0 saturated heterocycles. The molecule has 0 fully saturated rings. The molecule has 1 amide bonds. The minimum Gasteiger partial charge on any atom is -0.454 e. The zero-order valence-corrected chi connectivity index (χ0v) is 12.6. The van der Waals surface area contributed by atoms with E-state index in [1.165, 1.54) is 12.3 Å². The summed E-state index contributed by atoms with van der Waals surface area (Å²) < 4.78 is 10.4. The van der Waals surface area contributed by atoms with Crippen LogP contribution >= 0.6 is 34.8 Å². The Morgan fingerprint density at radius 3 is 2.57 bits per heavy atom. The van der Waals surface area contributed by atoms with Crippen LogP contribution in [0.3, 0.4) is 0 Å². The maximum absolute atomic E-state index is 12.2. The van der Waals surface area contributed by atoms with Crippen molar-refractivity contribution >= 4 is 46.4 Å². The Morgan fingerprint density at radius 2 is 1.81 bits per heavy atom. The number of halogens is 3. The fraction of sp³-hybridized carbons (Fsp3) is 0.0769. The lowest BCUT2D eigenvalue weighted by Crippen LogP contribution is -2.13. The Morgan fingerprint density at radius 1 is 1.10 bits per heavy atom. The monoisotopic (exact) mass is 344 g/mol. The molecule has 1 aliphatic rings. The number of aromatic nitrogens is 1. The largest absolute Gasteiger partial charge is 0.454 e. The first-order valence-electron chi connectivity index (χ1n) is 5.76. The average molecular weight is 346 g/mol. The molecule has 0 unspecified atom stereocenters. The highest BCUT2D eigenvalue weighted by atomic mass is 35.5. The summed E-state index contributed by atoms with van der Waals surface area (Å²) in [4.78, 5) is 16.0. The molecule has 0 aliphatic carbocycles. The van der Waals surface area contributed by atoms with Crippen LogP contribution in [0.2, 0.25) is 15.2 Å². The Kier molecular flexibility index (Phi) is 3.80. The van der Waals surface area contributed by atoms with E-state index >= 15 is 0 Å². The van der Waals surface area contributed by atoms with Gasteiger partial charge < -0.3 is 14.8 Å². The third-order valence-electron chi connectivity index (χ3n) is 2.78. The van der Waals surface area contributed by atoms with Crippen LogP contribution in [0.5, 0.6) is 11.5 Å². The normalized spacial score (nSPS) is 12.3. The van der Waals surface area contributed by atoms with Crippen molar-refractivity contribution in [3.63, 3.8) is 0 Å². The van der Waals surface area contributed by atoms with E-state index in [1.807, 2.05) is 0 Å². The summed E-state index contributed by atoms with van der Waals surface area (Å²) in [7, 11) is 0. The third kappa shape index (κ3) is 2.85. The van der Waals surface area contributed by atoms with E-state index in [4.69, 9.17) is 44.3 Å². The second-order valence-electron chi connectivity index (χ2n) is 4.13. The van der Waals surface area contributed by atoms with E-state index in [9.17, 15) is 4.79 Å². The third-order valence-corrected chi connectivity index (χ3v) is 3.60. The van der Waals surface area contributed by atoms with Gasteiger partial charge in [0.2, 0.25) is 6.79 Å². The van der Waals surface area contributed by atoms with E-state index in [1.54, 1.807) is 12.1 Å². The van der Waals surface area contributed by atoms with Gasteiger partial charge in [0.1, 0.15) is 5.15 Å². The molecule has 1 aromatic heterocycles. The average Bonchev–Trinajstić information content (AvgIpc) is 2.88. The molecule has 8 heteroatoms. The lowest BCUT2D eigenvalue weighted by molar-refractivity contribution is 0.102. The van der Waals surface area contributed by atoms with Crippen LogP contribution in [0.4, 0.5) is 5.69 Å². The number of rotatable bonds is 2. The van der Waals surface area contributed by atoms with Crippen molar-refractivity contribution in [3.05, 3.63) is 45.2 Å². The second kappa shape index (κ2) is 5.60. The molecule has 0 atom stereocenters. The van der Waals surface area contributed by atoms with Crippen LogP contribution in [0, 0.1) is 0 Å². The van der Waals surface area contributed by atoms with Crippen molar-refractivity contribution in [3.8, 4) is 11.5 Å². The molecule has 0 spiro atoms. The second-order valence-corrected chi connectivity index (χ2v) is 5.33. The Hall–Kier alpha value is -1.69. The van der Waals surface area contributed by atoms with Gasteiger partial charge in [0.25, 0.3) is 5.91 Å². The Balaban J connectivity index is 1.90. The van der Waals surface area contributed by atoms with Crippen LogP contribution in [0.15, 0.2) is 24.4 Å². The fourth-order valence-electron chi connectivity index (χ4n) is 1.79. The van der Waals surface area contributed by atoms with Crippen LogP contribution in [-0.4, -0.2) is 17.7 Å². The van der Waals surface area contributed by atoms with Gasteiger partial charge >= 0.3 is 0 Å². The Bertz CT molecular complexity index is 737. The molecule has 0 radical (unpaired) electrons. The Labute approximate surface area is 134 Å². The highest BCUT2D eigenvalue weighted by Gasteiger charge is 2.19. The van der Waals surface area contributed by atoms with E-state index in [-0.39, 0.29) is 22.5 Å². The first kappa shape index (κ1) is 14.3. The number of nitrogens with one attached hydrogen (secondary N) is 1. The van der Waals surface area contributed by atoms with Crippen LogP contribution in [0.1, 0.15) is 10.4 Å². The van der Waals surface area contributed by atoms with Gasteiger partial charge in [-0.15, -0.1) is 0 Å². The minimum absolute atomic E-state index is 0.120. The van der Waals surface area contributed by atoms with Crippen LogP contribution in [0.25, 0.3) is 0 Å². The standard InChI is InChI=1S/C13H7Cl3N2O3/c14-7-2-10-11(21-5-20-10)3-9(7)18-13(19)6-1-12(16)17-4-8(6)15/h1-4H,5H2,(H,18,19). The number of anilines is 1. The predicted molar refractivity (Wildman–Crippen MR) is 79.8 cm³/mol. The summed E-state index contributed by atoms with van der Waals surface area (Å²) in [6.45, 7) is 0.120. The molecule has 21 heavy (non-hydrogen) atoms. The first-order chi connectivity index (χ1) is 10.0. The number of carbonyl (C=O) groups excluding carboxylic acids is 1. The van der Waals surface area contributed by atoms with Gasteiger partial charge in [0.05, 0.1) is 21.3 Å². The molecule has 1 aromatic carbocycles. The topological polar surface area (TPSA) is 60.5 Å². The number of carbonyl (C=O) groups is 1. The van der Waals surface area contributed by atoms with Gasteiger partial charge in [0.15, 0.2) is 11.5 Å². The fourth-order valence-corrected chi connectivity index (χ4v) is 2.34.